The molecule has 2 aromatic heterocycles. The third kappa shape index (κ3) is 4.45. The molecule has 6 nitrogen and oxygen atoms in total. The molecule has 3 rings (SSSR count). The molecule has 0 spiro atoms. The zero-order chi connectivity index (χ0) is 17.6. The summed E-state index contributed by atoms with van der Waals surface area (Å²) in [7, 11) is 1.78. The zero-order valence-corrected chi connectivity index (χ0v) is 15.0. The van der Waals surface area contributed by atoms with E-state index in [9.17, 15) is 4.79 Å². The van der Waals surface area contributed by atoms with Crippen molar-refractivity contribution in [2.75, 3.05) is 12.8 Å². The van der Waals surface area contributed by atoms with Gasteiger partial charge in [0, 0.05) is 18.9 Å². The van der Waals surface area contributed by atoms with Crippen LogP contribution in [0.1, 0.15) is 11.3 Å². The summed E-state index contributed by atoms with van der Waals surface area (Å²) < 4.78 is 1.89. The van der Waals surface area contributed by atoms with E-state index in [-0.39, 0.29) is 5.91 Å². The van der Waals surface area contributed by atoms with Gasteiger partial charge in [-0.2, -0.15) is 0 Å². The van der Waals surface area contributed by atoms with E-state index in [1.807, 2.05) is 54.0 Å². The van der Waals surface area contributed by atoms with Crippen LogP contribution in [0.25, 0.3) is 5.69 Å². The maximum Gasteiger partial charge on any atom is 0.233 e. The Morgan fingerprint density at radius 2 is 2.00 bits per heavy atom. The number of amides is 1. The van der Waals surface area contributed by atoms with Crippen LogP contribution >= 0.6 is 11.8 Å². The van der Waals surface area contributed by atoms with Gasteiger partial charge in [0.1, 0.15) is 6.33 Å². The zero-order valence-electron chi connectivity index (χ0n) is 14.2. The number of carbonyl (C=O) groups is 1. The van der Waals surface area contributed by atoms with Crippen molar-refractivity contribution < 1.29 is 4.79 Å². The van der Waals surface area contributed by atoms with Crippen molar-refractivity contribution in [1.82, 2.24) is 24.6 Å². The molecular weight excluding hydrogens is 334 g/mol. The number of thioether (sulfide) groups is 1. The number of rotatable bonds is 6. The normalized spacial score (nSPS) is 10.6. The van der Waals surface area contributed by atoms with Gasteiger partial charge in [-0.3, -0.25) is 14.3 Å². The van der Waals surface area contributed by atoms with Crippen LogP contribution in [0.4, 0.5) is 0 Å². The van der Waals surface area contributed by atoms with Gasteiger partial charge >= 0.3 is 0 Å². The molecule has 0 radical (unpaired) electrons. The SMILES string of the molecule is Cc1ccc(-n2cnnc2SCC(=O)N(C)Cc2ccccn2)cc1. The lowest BCUT2D eigenvalue weighted by Crippen LogP contribution is -2.28. The fraction of sp³-hybridized carbons (Fsp3) is 0.222. The molecule has 128 valence electrons. The number of pyridine rings is 1. The largest absolute Gasteiger partial charge is 0.339 e. The highest BCUT2D eigenvalue weighted by atomic mass is 32.2. The van der Waals surface area contributed by atoms with Crippen LogP contribution in [0.15, 0.2) is 60.1 Å². The summed E-state index contributed by atoms with van der Waals surface area (Å²) in [5.41, 5.74) is 3.04. The first-order valence-electron chi connectivity index (χ1n) is 7.87. The number of aryl methyl sites for hydroxylation is 1. The molecule has 0 fully saturated rings. The molecule has 0 N–H and O–H groups in total. The van der Waals surface area contributed by atoms with Crippen molar-refractivity contribution in [3.05, 3.63) is 66.2 Å². The van der Waals surface area contributed by atoms with E-state index >= 15 is 0 Å². The summed E-state index contributed by atoms with van der Waals surface area (Å²) in [4.78, 5) is 18.3. The van der Waals surface area contributed by atoms with Gasteiger partial charge < -0.3 is 4.90 Å². The first-order valence-corrected chi connectivity index (χ1v) is 8.86. The third-order valence-electron chi connectivity index (χ3n) is 3.70. The van der Waals surface area contributed by atoms with Crippen LogP contribution in [-0.4, -0.2) is 43.4 Å². The Labute approximate surface area is 150 Å². The van der Waals surface area contributed by atoms with Crippen molar-refractivity contribution in [2.24, 2.45) is 0 Å². The van der Waals surface area contributed by atoms with E-state index in [4.69, 9.17) is 0 Å². The molecule has 7 heteroatoms. The number of aromatic nitrogens is 4. The summed E-state index contributed by atoms with van der Waals surface area (Å²) in [5.74, 6) is 0.322. The summed E-state index contributed by atoms with van der Waals surface area (Å²) in [6.07, 6.45) is 3.39. The van der Waals surface area contributed by atoms with E-state index in [0.717, 1.165) is 11.4 Å². The maximum atomic E-state index is 12.4. The van der Waals surface area contributed by atoms with Crippen molar-refractivity contribution in [1.29, 1.82) is 0 Å². The Morgan fingerprint density at radius 3 is 2.72 bits per heavy atom. The highest BCUT2D eigenvalue weighted by molar-refractivity contribution is 7.99. The first kappa shape index (κ1) is 17.2. The lowest BCUT2D eigenvalue weighted by molar-refractivity contribution is -0.127. The molecule has 1 aromatic carbocycles. The van der Waals surface area contributed by atoms with Gasteiger partial charge in [0.25, 0.3) is 0 Å². The van der Waals surface area contributed by atoms with E-state index in [1.54, 1.807) is 24.5 Å². The molecule has 0 saturated heterocycles. The minimum Gasteiger partial charge on any atom is -0.339 e. The highest BCUT2D eigenvalue weighted by Crippen LogP contribution is 2.20. The first-order chi connectivity index (χ1) is 12.1. The molecule has 0 unspecified atom stereocenters. The summed E-state index contributed by atoms with van der Waals surface area (Å²) in [6, 6.07) is 13.8. The van der Waals surface area contributed by atoms with Gasteiger partial charge in [-0.1, -0.05) is 35.5 Å². The minimum atomic E-state index is 0.0223. The summed E-state index contributed by atoms with van der Waals surface area (Å²) >= 11 is 1.38. The number of hydrogen-bond donors (Lipinski definition) is 0. The lowest BCUT2D eigenvalue weighted by Gasteiger charge is -2.16. The second kappa shape index (κ2) is 7.94. The molecule has 0 saturated carbocycles. The quantitative estimate of drug-likeness (QED) is 0.638. The second-order valence-corrected chi connectivity index (χ2v) is 6.62. The predicted molar refractivity (Wildman–Crippen MR) is 97.5 cm³/mol. The molecule has 0 bridgehead atoms. The second-order valence-electron chi connectivity index (χ2n) is 5.68. The summed E-state index contributed by atoms with van der Waals surface area (Å²) in [5, 5.41) is 8.79. The molecule has 3 aromatic rings. The highest BCUT2D eigenvalue weighted by Gasteiger charge is 2.14. The van der Waals surface area contributed by atoms with E-state index in [0.29, 0.717) is 17.5 Å². The topological polar surface area (TPSA) is 63.9 Å². The third-order valence-corrected chi connectivity index (χ3v) is 4.63. The molecule has 0 aliphatic rings. The number of nitrogens with zero attached hydrogens (tertiary/aromatic N) is 5. The number of benzene rings is 1. The van der Waals surface area contributed by atoms with Gasteiger partial charge in [0.15, 0.2) is 5.16 Å². The Kier molecular flexibility index (Phi) is 5.45. The van der Waals surface area contributed by atoms with Crippen molar-refractivity contribution in [3.63, 3.8) is 0 Å². The number of carbonyl (C=O) groups excluding carboxylic acids is 1. The minimum absolute atomic E-state index is 0.0223. The van der Waals surface area contributed by atoms with Crippen molar-refractivity contribution >= 4 is 17.7 Å². The fourth-order valence-corrected chi connectivity index (χ4v) is 3.13. The van der Waals surface area contributed by atoms with Gasteiger partial charge in [0.2, 0.25) is 5.91 Å². The van der Waals surface area contributed by atoms with Crippen LogP contribution in [0.2, 0.25) is 0 Å². The van der Waals surface area contributed by atoms with Crippen LogP contribution in [0.5, 0.6) is 0 Å². The van der Waals surface area contributed by atoms with Crippen LogP contribution in [-0.2, 0) is 11.3 Å². The average molecular weight is 353 g/mol. The van der Waals surface area contributed by atoms with Gasteiger partial charge in [-0.05, 0) is 31.2 Å². The molecule has 0 atom stereocenters. The molecule has 25 heavy (non-hydrogen) atoms. The molecular formula is C18H19N5OS. The van der Waals surface area contributed by atoms with E-state index < -0.39 is 0 Å². The van der Waals surface area contributed by atoms with Gasteiger partial charge in [0.05, 0.1) is 18.0 Å². The molecule has 1 amide bonds. The lowest BCUT2D eigenvalue weighted by atomic mass is 10.2. The average Bonchev–Trinajstić information content (AvgIpc) is 3.09. The molecule has 0 aliphatic carbocycles. The van der Waals surface area contributed by atoms with Crippen molar-refractivity contribution in [2.45, 2.75) is 18.6 Å². The Morgan fingerprint density at radius 1 is 1.20 bits per heavy atom. The van der Waals surface area contributed by atoms with E-state index in [1.165, 1.54) is 17.3 Å². The number of hydrogen-bond acceptors (Lipinski definition) is 5. The van der Waals surface area contributed by atoms with Gasteiger partial charge in [-0.25, -0.2) is 0 Å². The maximum absolute atomic E-state index is 12.4. The molecule has 0 aliphatic heterocycles. The predicted octanol–water partition coefficient (Wildman–Crippen LogP) is 2.72. The smallest absolute Gasteiger partial charge is 0.233 e. The Bertz CT molecular complexity index is 832. The Hall–Kier alpha value is -2.67. The van der Waals surface area contributed by atoms with Crippen molar-refractivity contribution in [3.8, 4) is 5.69 Å². The van der Waals surface area contributed by atoms with Crippen LogP contribution in [0.3, 0.4) is 0 Å². The standard InChI is InChI=1S/C18H19N5OS/c1-14-6-8-16(9-7-14)23-13-20-21-18(23)25-12-17(24)22(2)11-15-5-3-4-10-19-15/h3-10,13H,11-12H2,1-2H3. The Balaban J connectivity index is 1.61. The monoisotopic (exact) mass is 353 g/mol. The van der Waals surface area contributed by atoms with E-state index in [2.05, 4.69) is 15.2 Å². The fourth-order valence-electron chi connectivity index (χ4n) is 2.26. The van der Waals surface area contributed by atoms with Crippen LogP contribution in [0, 0.1) is 6.92 Å². The van der Waals surface area contributed by atoms with Crippen LogP contribution < -0.4 is 0 Å². The molecule has 2 heterocycles. The van der Waals surface area contributed by atoms with Gasteiger partial charge in [-0.15, -0.1) is 10.2 Å². The summed E-state index contributed by atoms with van der Waals surface area (Å²) in [6.45, 7) is 2.53.